The van der Waals surface area contributed by atoms with Crippen molar-refractivity contribution in [2.75, 3.05) is 17.3 Å². The SMILES string of the molecule is COc1ccc(CN=C(Nc2ccccc2)S[C@H]2CC(=O)N(c3ccc(F)cc3)C2=O)cc1. The molecule has 8 heteroatoms. The van der Waals surface area contributed by atoms with Crippen LogP contribution in [0.15, 0.2) is 83.9 Å². The lowest BCUT2D eigenvalue weighted by atomic mass is 10.2. The molecule has 1 heterocycles. The Balaban J connectivity index is 1.53. The van der Waals surface area contributed by atoms with Crippen LogP contribution in [0.25, 0.3) is 0 Å². The number of halogens is 1. The van der Waals surface area contributed by atoms with Crippen LogP contribution in [0.5, 0.6) is 5.75 Å². The largest absolute Gasteiger partial charge is 0.497 e. The average Bonchev–Trinajstić information content (AvgIpc) is 3.11. The molecule has 0 aromatic heterocycles. The maximum absolute atomic E-state index is 13.3. The molecule has 0 spiro atoms. The van der Waals surface area contributed by atoms with Crippen molar-refractivity contribution in [2.24, 2.45) is 4.99 Å². The first-order chi connectivity index (χ1) is 16.0. The molecule has 1 fully saturated rings. The summed E-state index contributed by atoms with van der Waals surface area (Å²) in [5.41, 5.74) is 2.17. The number of amidine groups is 1. The molecular weight excluding hydrogens is 441 g/mol. The van der Waals surface area contributed by atoms with E-state index < -0.39 is 11.1 Å². The van der Waals surface area contributed by atoms with Crippen molar-refractivity contribution in [3.05, 3.63) is 90.2 Å². The number of amides is 2. The number of methoxy groups -OCH3 is 1. The summed E-state index contributed by atoms with van der Waals surface area (Å²) in [5, 5.41) is 3.15. The summed E-state index contributed by atoms with van der Waals surface area (Å²) >= 11 is 1.22. The molecule has 0 bridgehead atoms. The zero-order valence-electron chi connectivity index (χ0n) is 17.9. The monoisotopic (exact) mass is 463 g/mol. The van der Waals surface area contributed by atoms with Gasteiger partial charge in [0.2, 0.25) is 11.8 Å². The van der Waals surface area contributed by atoms with Crippen LogP contribution in [-0.2, 0) is 16.1 Å². The third-order valence-electron chi connectivity index (χ3n) is 5.03. The highest BCUT2D eigenvalue weighted by atomic mass is 32.2. The Kier molecular flexibility index (Phi) is 7.04. The quantitative estimate of drug-likeness (QED) is 0.321. The summed E-state index contributed by atoms with van der Waals surface area (Å²) in [6, 6.07) is 22.4. The second-order valence-corrected chi connectivity index (χ2v) is 8.51. The van der Waals surface area contributed by atoms with Gasteiger partial charge in [0.25, 0.3) is 0 Å². The molecule has 1 aliphatic rings. The Morgan fingerprint density at radius 3 is 2.42 bits per heavy atom. The van der Waals surface area contributed by atoms with Gasteiger partial charge in [-0.05, 0) is 54.1 Å². The van der Waals surface area contributed by atoms with Crippen molar-refractivity contribution in [3.63, 3.8) is 0 Å². The zero-order valence-corrected chi connectivity index (χ0v) is 18.7. The number of aliphatic imine (C=N–C) groups is 1. The Morgan fingerprint density at radius 1 is 1.06 bits per heavy atom. The number of para-hydroxylation sites is 1. The summed E-state index contributed by atoms with van der Waals surface area (Å²) in [7, 11) is 1.61. The fourth-order valence-electron chi connectivity index (χ4n) is 3.34. The maximum atomic E-state index is 13.3. The van der Waals surface area contributed by atoms with E-state index in [-0.39, 0.29) is 18.2 Å². The van der Waals surface area contributed by atoms with Gasteiger partial charge in [-0.1, -0.05) is 42.1 Å². The molecule has 1 saturated heterocycles. The molecule has 3 aromatic rings. The molecule has 6 nitrogen and oxygen atoms in total. The highest BCUT2D eigenvalue weighted by Gasteiger charge is 2.40. The fraction of sp³-hybridized carbons (Fsp3) is 0.160. The highest BCUT2D eigenvalue weighted by Crippen LogP contribution is 2.31. The molecule has 0 aliphatic carbocycles. The first-order valence-corrected chi connectivity index (χ1v) is 11.2. The lowest BCUT2D eigenvalue weighted by Crippen LogP contribution is -2.31. The van der Waals surface area contributed by atoms with Crippen LogP contribution in [-0.4, -0.2) is 29.3 Å². The van der Waals surface area contributed by atoms with Crippen LogP contribution in [0.4, 0.5) is 15.8 Å². The van der Waals surface area contributed by atoms with Crippen molar-refractivity contribution >= 4 is 40.1 Å². The third kappa shape index (κ3) is 5.59. The minimum atomic E-state index is -0.631. The van der Waals surface area contributed by atoms with Gasteiger partial charge in [-0.25, -0.2) is 9.29 Å². The van der Waals surface area contributed by atoms with Gasteiger partial charge in [-0.3, -0.25) is 14.6 Å². The van der Waals surface area contributed by atoms with Crippen molar-refractivity contribution in [1.82, 2.24) is 0 Å². The number of hydrogen-bond acceptors (Lipinski definition) is 5. The van der Waals surface area contributed by atoms with Crippen LogP contribution in [0.1, 0.15) is 12.0 Å². The first-order valence-electron chi connectivity index (χ1n) is 10.3. The Labute approximate surface area is 195 Å². The van der Waals surface area contributed by atoms with Gasteiger partial charge in [0.1, 0.15) is 16.8 Å². The number of thioether (sulfide) groups is 1. The molecular formula is C25H22FN3O3S. The van der Waals surface area contributed by atoms with E-state index >= 15 is 0 Å². The predicted molar refractivity (Wildman–Crippen MR) is 129 cm³/mol. The Bertz CT molecular complexity index is 1150. The minimum Gasteiger partial charge on any atom is -0.497 e. The Morgan fingerprint density at radius 2 is 1.76 bits per heavy atom. The number of imide groups is 1. The molecule has 1 atom stereocenters. The van der Waals surface area contributed by atoms with E-state index in [0.717, 1.165) is 21.9 Å². The van der Waals surface area contributed by atoms with E-state index in [1.54, 1.807) is 7.11 Å². The van der Waals surface area contributed by atoms with Crippen LogP contribution in [0.2, 0.25) is 0 Å². The average molecular weight is 464 g/mol. The van der Waals surface area contributed by atoms with E-state index in [4.69, 9.17) is 4.74 Å². The number of hydrogen-bond donors (Lipinski definition) is 1. The highest BCUT2D eigenvalue weighted by molar-refractivity contribution is 8.15. The van der Waals surface area contributed by atoms with Crippen molar-refractivity contribution < 1.29 is 18.7 Å². The predicted octanol–water partition coefficient (Wildman–Crippen LogP) is 4.87. The number of benzene rings is 3. The van der Waals surface area contributed by atoms with Gasteiger partial charge >= 0.3 is 0 Å². The second kappa shape index (κ2) is 10.3. The molecule has 0 unspecified atom stereocenters. The summed E-state index contributed by atoms with van der Waals surface area (Å²) in [4.78, 5) is 31.4. The van der Waals surface area contributed by atoms with Gasteiger partial charge in [-0.2, -0.15) is 0 Å². The van der Waals surface area contributed by atoms with Gasteiger partial charge < -0.3 is 10.1 Å². The van der Waals surface area contributed by atoms with Gasteiger partial charge in [-0.15, -0.1) is 0 Å². The molecule has 4 rings (SSSR count). The number of carbonyl (C=O) groups excluding carboxylic acids is 2. The lowest BCUT2D eigenvalue weighted by Gasteiger charge is -2.16. The van der Waals surface area contributed by atoms with Crippen LogP contribution in [0.3, 0.4) is 0 Å². The molecule has 1 N–H and O–H groups in total. The van der Waals surface area contributed by atoms with Crippen molar-refractivity contribution in [1.29, 1.82) is 0 Å². The topological polar surface area (TPSA) is 71.0 Å². The summed E-state index contributed by atoms with van der Waals surface area (Å²) in [6.07, 6.45) is 0.0406. The molecule has 2 amide bonds. The molecule has 1 aliphatic heterocycles. The second-order valence-electron chi connectivity index (χ2n) is 7.31. The van der Waals surface area contributed by atoms with E-state index in [2.05, 4.69) is 10.3 Å². The molecule has 0 radical (unpaired) electrons. The van der Waals surface area contributed by atoms with Crippen LogP contribution < -0.4 is 15.0 Å². The van der Waals surface area contributed by atoms with Crippen molar-refractivity contribution in [2.45, 2.75) is 18.2 Å². The zero-order chi connectivity index (χ0) is 23.2. The molecule has 0 saturated carbocycles. The smallest absolute Gasteiger partial charge is 0.247 e. The van der Waals surface area contributed by atoms with Crippen LogP contribution in [0, 0.1) is 5.82 Å². The van der Waals surface area contributed by atoms with Gasteiger partial charge in [0.15, 0.2) is 5.17 Å². The van der Waals surface area contributed by atoms with E-state index in [1.807, 2.05) is 54.6 Å². The maximum Gasteiger partial charge on any atom is 0.247 e. The summed E-state index contributed by atoms with van der Waals surface area (Å²) < 4.78 is 18.5. The van der Waals surface area contributed by atoms with Crippen LogP contribution >= 0.6 is 11.8 Å². The minimum absolute atomic E-state index is 0.0406. The van der Waals surface area contributed by atoms with Gasteiger partial charge in [0.05, 0.1) is 19.3 Å². The molecule has 168 valence electrons. The normalized spacial score (nSPS) is 16.2. The first kappa shape index (κ1) is 22.5. The van der Waals surface area contributed by atoms with Crippen molar-refractivity contribution in [3.8, 4) is 5.75 Å². The third-order valence-corrected chi connectivity index (χ3v) is 6.14. The van der Waals surface area contributed by atoms with Gasteiger partial charge in [0, 0.05) is 12.1 Å². The Hall–Kier alpha value is -3.65. The lowest BCUT2D eigenvalue weighted by molar-refractivity contribution is -0.121. The number of rotatable bonds is 6. The summed E-state index contributed by atoms with van der Waals surface area (Å²) in [6.45, 7) is 0.392. The van der Waals surface area contributed by atoms with E-state index in [9.17, 15) is 14.0 Å². The molecule has 3 aromatic carbocycles. The fourth-order valence-corrected chi connectivity index (χ4v) is 4.36. The van der Waals surface area contributed by atoms with E-state index in [1.165, 1.54) is 36.0 Å². The standard InChI is InChI=1S/C25H22FN3O3S/c1-32-21-13-7-17(8-14-21)16-27-25(28-19-5-3-2-4-6-19)33-22-15-23(30)29(24(22)31)20-11-9-18(26)10-12-20/h2-14,22H,15-16H2,1H3,(H,27,28)/t22-/m0/s1. The number of ether oxygens (including phenoxy) is 1. The number of nitrogens with one attached hydrogen (secondary N) is 1. The number of anilines is 2. The number of carbonyl (C=O) groups is 2. The summed E-state index contributed by atoms with van der Waals surface area (Å²) in [5.74, 6) is -0.332. The molecule has 33 heavy (non-hydrogen) atoms. The number of nitrogens with zero attached hydrogens (tertiary/aromatic N) is 2. The van der Waals surface area contributed by atoms with E-state index in [0.29, 0.717) is 17.4 Å².